The molecule has 0 heterocycles. The number of rotatable bonds is 6. The molecule has 1 atom stereocenters. The van der Waals surface area contributed by atoms with Crippen molar-refractivity contribution in [2.24, 2.45) is 5.73 Å². The van der Waals surface area contributed by atoms with Crippen LogP contribution >= 0.6 is 0 Å². The zero-order chi connectivity index (χ0) is 11.4. The Labute approximate surface area is 81.3 Å². The molecule has 0 radical (unpaired) electrons. The zero-order valence-corrected chi connectivity index (χ0v) is 8.37. The normalized spacial score (nSPS) is 13.5. The lowest BCUT2D eigenvalue weighted by molar-refractivity contribution is -0.139. The van der Waals surface area contributed by atoms with Crippen LogP contribution < -0.4 is 10.5 Å². The summed E-state index contributed by atoms with van der Waals surface area (Å²) in [6, 6.07) is -1.31. The molecule has 0 aromatic carbocycles. The minimum absolute atomic E-state index is 0.155. The van der Waals surface area contributed by atoms with Gasteiger partial charge in [-0.15, -0.1) is 0 Å². The van der Waals surface area contributed by atoms with Crippen molar-refractivity contribution in [2.45, 2.75) is 18.9 Å². The summed E-state index contributed by atoms with van der Waals surface area (Å²) >= 11 is 0. The Morgan fingerprint density at radius 3 is 2.29 bits per heavy atom. The number of carbonyl (C=O) groups is 2. The largest absolute Gasteiger partial charge is 0.480 e. The van der Waals surface area contributed by atoms with Crippen LogP contribution in [0.5, 0.6) is 0 Å². The van der Waals surface area contributed by atoms with Crippen LogP contribution in [-0.4, -0.2) is 37.7 Å². The summed E-state index contributed by atoms with van der Waals surface area (Å²) in [6.45, 7) is 0. The van der Waals surface area contributed by atoms with Crippen LogP contribution in [0.15, 0.2) is 0 Å². The van der Waals surface area contributed by atoms with Crippen LogP contribution in [0.25, 0.3) is 0 Å². The van der Waals surface area contributed by atoms with Gasteiger partial charge >= 0.3 is 5.97 Å². The number of aliphatic carboxylic acids is 1. The van der Waals surface area contributed by atoms with Crippen molar-refractivity contribution in [2.75, 3.05) is 6.26 Å². The molecule has 82 valence electrons. The minimum Gasteiger partial charge on any atom is -0.480 e. The van der Waals surface area contributed by atoms with Gasteiger partial charge in [0.25, 0.3) is 0 Å². The number of nitrogens with two attached hydrogens (primary N) is 1. The van der Waals surface area contributed by atoms with E-state index < -0.39 is 27.9 Å². The van der Waals surface area contributed by atoms with E-state index in [-0.39, 0.29) is 12.8 Å². The fraction of sp³-hybridized carbons (Fsp3) is 0.667. The van der Waals surface area contributed by atoms with E-state index in [1.54, 1.807) is 0 Å². The van der Waals surface area contributed by atoms with Crippen molar-refractivity contribution in [1.82, 2.24) is 4.72 Å². The molecule has 0 aromatic heterocycles. The maximum atomic E-state index is 10.7. The number of carboxylic acid groups (broad SMARTS) is 1. The van der Waals surface area contributed by atoms with E-state index >= 15 is 0 Å². The highest BCUT2D eigenvalue weighted by atomic mass is 32.2. The first-order valence-corrected chi connectivity index (χ1v) is 5.60. The van der Waals surface area contributed by atoms with Crippen LogP contribution in [0, 0.1) is 0 Å². The third kappa shape index (κ3) is 6.38. The summed E-state index contributed by atoms with van der Waals surface area (Å²) in [5.74, 6) is -2.01. The molecule has 14 heavy (non-hydrogen) atoms. The minimum atomic E-state index is -3.60. The van der Waals surface area contributed by atoms with E-state index in [9.17, 15) is 18.0 Å². The molecule has 0 fully saturated rings. The van der Waals surface area contributed by atoms with Gasteiger partial charge in [-0.3, -0.25) is 9.59 Å². The monoisotopic (exact) mass is 224 g/mol. The molecule has 1 unspecified atom stereocenters. The van der Waals surface area contributed by atoms with Crippen LogP contribution in [0.4, 0.5) is 0 Å². The van der Waals surface area contributed by atoms with Crippen molar-refractivity contribution in [1.29, 1.82) is 0 Å². The average Bonchev–Trinajstić information content (AvgIpc) is 1.94. The maximum Gasteiger partial charge on any atom is 0.321 e. The van der Waals surface area contributed by atoms with E-state index in [1.165, 1.54) is 0 Å². The summed E-state index contributed by atoms with van der Waals surface area (Å²) in [5.41, 5.74) is 4.80. The number of carboxylic acids is 1. The van der Waals surface area contributed by atoms with E-state index in [2.05, 4.69) is 0 Å². The van der Waals surface area contributed by atoms with Gasteiger partial charge in [0, 0.05) is 6.42 Å². The summed E-state index contributed by atoms with van der Waals surface area (Å²) in [5, 5.41) is 8.57. The molecule has 0 spiro atoms. The number of primary amides is 1. The zero-order valence-electron chi connectivity index (χ0n) is 7.56. The first kappa shape index (κ1) is 12.8. The summed E-state index contributed by atoms with van der Waals surface area (Å²) in [7, 11) is -3.60. The van der Waals surface area contributed by atoms with Crippen molar-refractivity contribution >= 4 is 21.9 Å². The predicted molar refractivity (Wildman–Crippen MR) is 47.8 cm³/mol. The Bertz CT molecular complexity index is 323. The Hall–Kier alpha value is -1.15. The first-order chi connectivity index (χ1) is 6.22. The first-order valence-electron chi connectivity index (χ1n) is 3.71. The standard InChI is InChI=1S/C6H12N2O5S/c1-14(12,13)8-4(6(10)11)2-3-5(7)9/h4,8H,2-3H2,1H3,(H2,7,9)(H,10,11). The highest BCUT2D eigenvalue weighted by molar-refractivity contribution is 7.88. The molecule has 0 saturated carbocycles. The molecule has 0 rings (SSSR count). The van der Waals surface area contributed by atoms with Crippen molar-refractivity contribution in [3.05, 3.63) is 0 Å². The van der Waals surface area contributed by atoms with Gasteiger partial charge in [0.2, 0.25) is 15.9 Å². The smallest absolute Gasteiger partial charge is 0.321 e. The molecule has 7 nitrogen and oxygen atoms in total. The molecule has 1 amide bonds. The number of sulfonamides is 1. The second kappa shape index (κ2) is 4.91. The van der Waals surface area contributed by atoms with Gasteiger partial charge in [0.15, 0.2) is 0 Å². The van der Waals surface area contributed by atoms with Gasteiger partial charge in [-0.25, -0.2) is 13.1 Å². The molecule has 0 aliphatic rings. The van der Waals surface area contributed by atoms with E-state index in [0.29, 0.717) is 0 Å². The Morgan fingerprint density at radius 2 is 2.00 bits per heavy atom. The Balaban J connectivity index is 4.32. The number of hydrogen-bond donors (Lipinski definition) is 3. The van der Waals surface area contributed by atoms with Crippen molar-refractivity contribution in [3.8, 4) is 0 Å². The molecular weight excluding hydrogens is 212 g/mol. The number of amides is 1. The molecular formula is C6H12N2O5S. The van der Waals surface area contributed by atoms with E-state index in [0.717, 1.165) is 6.26 Å². The molecule has 8 heteroatoms. The average molecular weight is 224 g/mol. The fourth-order valence-corrected chi connectivity index (χ4v) is 1.51. The topological polar surface area (TPSA) is 127 Å². The Kier molecular flexibility index (Phi) is 4.51. The van der Waals surface area contributed by atoms with Crippen LogP contribution in [0.2, 0.25) is 0 Å². The quantitative estimate of drug-likeness (QED) is 0.493. The predicted octanol–water partition coefficient (Wildman–Crippen LogP) is -1.75. The van der Waals surface area contributed by atoms with Gasteiger partial charge in [-0.05, 0) is 6.42 Å². The highest BCUT2D eigenvalue weighted by Gasteiger charge is 2.21. The maximum absolute atomic E-state index is 10.7. The lowest BCUT2D eigenvalue weighted by Gasteiger charge is -2.11. The van der Waals surface area contributed by atoms with Crippen molar-refractivity contribution in [3.63, 3.8) is 0 Å². The number of nitrogens with one attached hydrogen (secondary N) is 1. The second-order valence-electron chi connectivity index (χ2n) is 2.79. The van der Waals surface area contributed by atoms with Crippen molar-refractivity contribution < 1.29 is 23.1 Å². The van der Waals surface area contributed by atoms with Gasteiger partial charge < -0.3 is 10.8 Å². The summed E-state index contributed by atoms with van der Waals surface area (Å²) in [4.78, 5) is 20.9. The SMILES string of the molecule is CS(=O)(=O)NC(CCC(N)=O)C(=O)O. The Morgan fingerprint density at radius 1 is 1.50 bits per heavy atom. The molecule has 0 aromatic rings. The van der Waals surface area contributed by atoms with Gasteiger partial charge in [0.1, 0.15) is 6.04 Å². The highest BCUT2D eigenvalue weighted by Crippen LogP contribution is 1.98. The summed E-state index contributed by atoms with van der Waals surface area (Å²) < 4.78 is 23.3. The lowest BCUT2D eigenvalue weighted by atomic mass is 10.2. The third-order valence-electron chi connectivity index (χ3n) is 1.33. The molecule has 4 N–H and O–H groups in total. The van der Waals surface area contributed by atoms with Crippen LogP contribution in [0.1, 0.15) is 12.8 Å². The molecule has 0 aliphatic carbocycles. The number of carbonyl (C=O) groups excluding carboxylic acids is 1. The van der Waals surface area contributed by atoms with E-state index in [1.807, 2.05) is 4.72 Å². The van der Waals surface area contributed by atoms with Crippen LogP contribution in [-0.2, 0) is 19.6 Å². The third-order valence-corrected chi connectivity index (χ3v) is 2.05. The van der Waals surface area contributed by atoms with E-state index in [4.69, 9.17) is 10.8 Å². The second-order valence-corrected chi connectivity index (χ2v) is 4.57. The van der Waals surface area contributed by atoms with Gasteiger partial charge in [0.05, 0.1) is 6.26 Å². The summed E-state index contributed by atoms with van der Waals surface area (Å²) in [6.07, 6.45) is 0.504. The van der Waals surface area contributed by atoms with Crippen LogP contribution in [0.3, 0.4) is 0 Å². The number of hydrogen-bond acceptors (Lipinski definition) is 4. The molecule has 0 saturated heterocycles. The lowest BCUT2D eigenvalue weighted by Crippen LogP contribution is -2.40. The molecule has 0 bridgehead atoms. The van der Waals surface area contributed by atoms with Gasteiger partial charge in [-0.1, -0.05) is 0 Å². The fourth-order valence-electron chi connectivity index (χ4n) is 0.778. The van der Waals surface area contributed by atoms with Gasteiger partial charge in [-0.2, -0.15) is 0 Å². The molecule has 0 aliphatic heterocycles.